The van der Waals surface area contributed by atoms with Crippen molar-refractivity contribution in [3.8, 4) is 0 Å². The smallest absolute Gasteiger partial charge is 0.248 e. The minimum atomic E-state index is -0.295. The van der Waals surface area contributed by atoms with Crippen LogP contribution >= 0.6 is 0 Å². The molecule has 96 valence electrons. The maximum Gasteiger partial charge on any atom is 0.248 e. The van der Waals surface area contributed by atoms with Gasteiger partial charge < -0.3 is 10.5 Å². The molecule has 1 unspecified atom stereocenters. The van der Waals surface area contributed by atoms with E-state index in [2.05, 4.69) is 11.9 Å². The van der Waals surface area contributed by atoms with Crippen LogP contribution in [0.5, 0.6) is 0 Å². The van der Waals surface area contributed by atoms with Crippen LogP contribution in [0.15, 0.2) is 29.3 Å². The van der Waals surface area contributed by atoms with Gasteiger partial charge in [-0.15, -0.1) is 0 Å². The van der Waals surface area contributed by atoms with Crippen LogP contribution in [-0.4, -0.2) is 18.9 Å². The molecule has 0 fully saturated rings. The van der Waals surface area contributed by atoms with Crippen LogP contribution in [-0.2, 0) is 14.9 Å². The first-order valence-electron chi connectivity index (χ1n) is 6.14. The van der Waals surface area contributed by atoms with Gasteiger partial charge in [-0.3, -0.25) is 4.79 Å². The lowest BCUT2D eigenvalue weighted by molar-refractivity contribution is -0.118. The summed E-state index contributed by atoms with van der Waals surface area (Å²) in [6, 6.07) is 7.72. The molecule has 0 radical (unpaired) electrons. The van der Waals surface area contributed by atoms with Gasteiger partial charge in [0.2, 0.25) is 11.8 Å². The Hall–Kier alpha value is -1.84. The number of nitrogens with zero attached hydrogens (tertiary/aromatic N) is 1. The molecule has 2 N–H and O–H groups in total. The molecular weight excluding hydrogens is 228 g/mol. The summed E-state index contributed by atoms with van der Waals surface area (Å²) >= 11 is 0. The Morgan fingerprint density at radius 1 is 1.39 bits per heavy atom. The van der Waals surface area contributed by atoms with Gasteiger partial charge in [-0.1, -0.05) is 19.1 Å². The highest BCUT2D eigenvalue weighted by atomic mass is 16.5. The quantitative estimate of drug-likeness (QED) is 0.814. The largest absolute Gasteiger partial charge is 0.483 e. The molecular formula is C14H18N2O2. The second kappa shape index (κ2) is 4.80. The maximum atomic E-state index is 11.4. The zero-order valence-electron chi connectivity index (χ0n) is 10.8. The normalized spacial score (nSPS) is 23.7. The first kappa shape index (κ1) is 12.6. The zero-order valence-corrected chi connectivity index (χ0v) is 10.8. The van der Waals surface area contributed by atoms with Crippen molar-refractivity contribution in [2.75, 3.05) is 12.8 Å². The predicted octanol–water partition coefficient (Wildman–Crippen LogP) is 2.28. The van der Waals surface area contributed by atoms with Crippen molar-refractivity contribution < 1.29 is 9.53 Å². The number of methoxy groups -OCH3 is 1. The van der Waals surface area contributed by atoms with E-state index in [4.69, 9.17) is 10.5 Å². The Balaban J connectivity index is 2.50. The highest BCUT2D eigenvalue weighted by Gasteiger charge is 2.40. The van der Waals surface area contributed by atoms with E-state index >= 15 is 0 Å². The number of benzene rings is 1. The molecule has 0 saturated heterocycles. The van der Waals surface area contributed by atoms with E-state index in [9.17, 15) is 4.79 Å². The number of hydrogen-bond donors (Lipinski definition) is 1. The van der Waals surface area contributed by atoms with E-state index in [0.717, 1.165) is 24.1 Å². The van der Waals surface area contributed by atoms with Gasteiger partial charge in [-0.25, -0.2) is 0 Å². The Morgan fingerprint density at radius 2 is 2.06 bits per heavy atom. The molecule has 4 heteroatoms. The number of aliphatic imine (C=N–C) groups is 1. The standard InChI is InChI=1S/C14H18N2O2/c1-3-14(10-4-6-11(15)7-5-10)9-8-12(17)16-13(14)18-2/h4-7H,3,8-9,15H2,1-2H3. The van der Waals surface area contributed by atoms with E-state index in [1.54, 1.807) is 7.11 Å². The fourth-order valence-corrected chi connectivity index (χ4v) is 2.55. The Kier molecular flexibility index (Phi) is 3.36. The topological polar surface area (TPSA) is 64.7 Å². The van der Waals surface area contributed by atoms with E-state index < -0.39 is 0 Å². The first-order valence-corrected chi connectivity index (χ1v) is 6.14. The van der Waals surface area contributed by atoms with E-state index in [1.807, 2.05) is 24.3 Å². The number of carbonyl (C=O) groups excluding carboxylic acids is 1. The average Bonchev–Trinajstić information content (AvgIpc) is 2.40. The number of nitrogen functional groups attached to an aromatic ring is 1. The zero-order chi connectivity index (χ0) is 13.2. The second-order valence-electron chi connectivity index (χ2n) is 4.57. The molecule has 0 aliphatic carbocycles. The number of carbonyl (C=O) groups is 1. The molecule has 1 aromatic carbocycles. The minimum Gasteiger partial charge on any atom is -0.483 e. The number of amides is 1. The number of hydrogen-bond acceptors (Lipinski definition) is 3. The summed E-state index contributed by atoms with van der Waals surface area (Å²) in [7, 11) is 1.57. The fraction of sp³-hybridized carbons (Fsp3) is 0.429. The van der Waals surface area contributed by atoms with Crippen molar-refractivity contribution in [1.82, 2.24) is 0 Å². The van der Waals surface area contributed by atoms with Crippen molar-refractivity contribution in [3.63, 3.8) is 0 Å². The molecule has 1 heterocycles. The monoisotopic (exact) mass is 246 g/mol. The number of ether oxygens (including phenoxy) is 1. The fourth-order valence-electron chi connectivity index (χ4n) is 2.55. The summed E-state index contributed by atoms with van der Waals surface area (Å²) in [5.74, 6) is 0.414. The number of anilines is 1. The van der Waals surface area contributed by atoms with Gasteiger partial charge >= 0.3 is 0 Å². The van der Waals surface area contributed by atoms with Crippen molar-refractivity contribution in [2.24, 2.45) is 4.99 Å². The van der Waals surface area contributed by atoms with Gasteiger partial charge in [0.25, 0.3) is 0 Å². The Bertz CT molecular complexity index is 479. The van der Waals surface area contributed by atoms with Gasteiger partial charge in [-0.2, -0.15) is 4.99 Å². The lowest BCUT2D eigenvalue weighted by Gasteiger charge is -2.35. The Morgan fingerprint density at radius 3 is 2.61 bits per heavy atom. The van der Waals surface area contributed by atoms with E-state index in [1.165, 1.54) is 0 Å². The summed E-state index contributed by atoms with van der Waals surface area (Å²) in [6.45, 7) is 2.08. The maximum absolute atomic E-state index is 11.4. The number of nitrogens with two attached hydrogens (primary N) is 1. The van der Waals surface area contributed by atoms with Crippen LogP contribution in [0.1, 0.15) is 31.7 Å². The lowest BCUT2D eigenvalue weighted by Crippen LogP contribution is -2.40. The molecule has 4 nitrogen and oxygen atoms in total. The van der Waals surface area contributed by atoms with Crippen molar-refractivity contribution in [3.05, 3.63) is 29.8 Å². The van der Waals surface area contributed by atoms with Gasteiger partial charge in [0.15, 0.2) is 0 Å². The summed E-state index contributed by atoms with van der Waals surface area (Å²) in [4.78, 5) is 15.5. The van der Waals surface area contributed by atoms with Crippen molar-refractivity contribution in [2.45, 2.75) is 31.6 Å². The van der Waals surface area contributed by atoms with E-state index in [-0.39, 0.29) is 11.3 Å². The average molecular weight is 246 g/mol. The molecule has 0 aromatic heterocycles. The minimum absolute atomic E-state index is 0.105. The third-order valence-electron chi connectivity index (χ3n) is 3.66. The van der Waals surface area contributed by atoms with Crippen molar-refractivity contribution in [1.29, 1.82) is 0 Å². The van der Waals surface area contributed by atoms with Crippen LogP contribution in [0.25, 0.3) is 0 Å². The van der Waals surface area contributed by atoms with Crippen LogP contribution in [0.3, 0.4) is 0 Å². The van der Waals surface area contributed by atoms with Crippen LogP contribution < -0.4 is 5.73 Å². The first-order chi connectivity index (χ1) is 8.62. The molecule has 0 spiro atoms. The number of rotatable bonds is 2. The summed E-state index contributed by atoms with van der Waals surface area (Å²) in [5, 5.41) is 0. The molecule has 1 atom stereocenters. The molecule has 1 aromatic rings. The molecule has 1 aliphatic rings. The van der Waals surface area contributed by atoms with E-state index in [0.29, 0.717) is 12.3 Å². The third kappa shape index (κ3) is 1.98. The SMILES string of the molecule is CCC1(c2ccc(N)cc2)CCC(=O)N=C1OC. The molecule has 1 amide bonds. The third-order valence-corrected chi connectivity index (χ3v) is 3.66. The van der Waals surface area contributed by atoms with Gasteiger partial charge in [-0.05, 0) is 30.5 Å². The van der Waals surface area contributed by atoms with Crippen LogP contribution in [0.4, 0.5) is 5.69 Å². The molecule has 18 heavy (non-hydrogen) atoms. The van der Waals surface area contributed by atoms with Gasteiger partial charge in [0.1, 0.15) is 0 Å². The molecule has 1 aliphatic heterocycles. The summed E-state index contributed by atoms with van der Waals surface area (Å²) in [5.41, 5.74) is 7.25. The van der Waals surface area contributed by atoms with Gasteiger partial charge in [0.05, 0.1) is 12.5 Å². The highest BCUT2D eigenvalue weighted by molar-refractivity contribution is 6.00. The highest BCUT2D eigenvalue weighted by Crippen LogP contribution is 2.38. The van der Waals surface area contributed by atoms with Gasteiger partial charge in [0, 0.05) is 12.1 Å². The molecule has 0 bridgehead atoms. The molecule has 2 rings (SSSR count). The predicted molar refractivity (Wildman–Crippen MR) is 71.5 cm³/mol. The molecule has 0 saturated carbocycles. The van der Waals surface area contributed by atoms with Crippen molar-refractivity contribution >= 4 is 17.5 Å². The lowest BCUT2D eigenvalue weighted by atomic mass is 9.73. The summed E-state index contributed by atoms with van der Waals surface area (Å²) in [6.07, 6.45) is 2.04. The van der Waals surface area contributed by atoms with Crippen LogP contribution in [0.2, 0.25) is 0 Å². The Labute approximate surface area is 107 Å². The van der Waals surface area contributed by atoms with Crippen LogP contribution in [0, 0.1) is 0 Å². The summed E-state index contributed by atoms with van der Waals surface area (Å²) < 4.78 is 5.35. The second-order valence-corrected chi connectivity index (χ2v) is 4.57.